The van der Waals surface area contributed by atoms with Gasteiger partial charge in [-0.05, 0) is 47.9 Å². The predicted molar refractivity (Wildman–Crippen MR) is 87.5 cm³/mol. The van der Waals surface area contributed by atoms with Crippen molar-refractivity contribution in [2.24, 2.45) is 0 Å². The second-order valence-corrected chi connectivity index (χ2v) is 6.02. The van der Waals surface area contributed by atoms with Crippen LogP contribution in [0.4, 0.5) is 0 Å². The first-order valence-electron chi connectivity index (χ1n) is 7.33. The topological polar surface area (TPSA) is 55.4 Å². The molecule has 118 valence electrons. The third-order valence-electron chi connectivity index (χ3n) is 3.78. The molecule has 1 heterocycles. The zero-order valence-corrected chi connectivity index (χ0v) is 13.4. The second-order valence-electron chi connectivity index (χ2n) is 5.59. The van der Waals surface area contributed by atoms with Gasteiger partial charge in [0.1, 0.15) is 18.4 Å². The van der Waals surface area contributed by atoms with Crippen LogP contribution in [-0.4, -0.2) is 11.7 Å². The summed E-state index contributed by atoms with van der Waals surface area (Å²) < 4.78 is 5.81. The molecule has 1 aliphatic heterocycles. The van der Waals surface area contributed by atoms with Crippen LogP contribution < -0.4 is 10.1 Å². The van der Waals surface area contributed by atoms with E-state index >= 15 is 0 Å². The fraction of sp³-hybridized carbons (Fsp3) is 0.222. The zero-order chi connectivity index (χ0) is 16.4. The van der Waals surface area contributed by atoms with E-state index in [9.17, 15) is 9.59 Å². The number of ketones is 1. The molecule has 2 aromatic rings. The Morgan fingerprint density at radius 3 is 2.74 bits per heavy atom. The number of carbonyl (C=O) groups excluding carboxylic acids is 2. The number of halogens is 1. The predicted octanol–water partition coefficient (Wildman–Crippen LogP) is 3.36. The third kappa shape index (κ3) is 3.54. The molecule has 1 amide bonds. The first-order chi connectivity index (χ1) is 11.0. The lowest BCUT2D eigenvalue weighted by atomic mass is 10.0. The molecule has 0 aliphatic carbocycles. The summed E-state index contributed by atoms with van der Waals surface area (Å²) in [7, 11) is 0. The molecule has 0 radical (unpaired) electrons. The number of aryl methyl sites for hydroxylation is 1. The highest BCUT2D eigenvalue weighted by Crippen LogP contribution is 2.24. The average Bonchev–Trinajstić information content (AvgIpc) is 2.85. The molecule has 1 aliphatic rings. The van der Waals surface area contributed by atoms with E-state index in [1.54, 1.807) is 6.07 Å². The van der Waals surface area contributed by atoms with Crippen LogP contribution in [0.1, 0.15) is 29.2 Å². The summed E-state index contributed by atoms with van der Waals surface area (Å²) in [6.07, 6.45) is -0.0463. The molecule has 1 fully saturated rings. The van der Waals surface area contributed by atoms with Gasteiger partial charge in [0.25, 0.3) is 0 Å². The van der Waals surface area contributed by atoms with Crippen LogP contribution in [0.2, 0.25) is 5.02 Å². The number of carbonyl (C=O) groups is 2. The Balaban J connectivity index is 1.73. The van der Waals surface area contributed by atoms with Crippen molar-refractivity contribution >= 4 is 23.3 Å². The molecule has 5 heteroatoms. The van der Waals surface area contributed by atoms with Crippen molar-refractivity contribution in [1.82, 2.24) is 5.32 Å². The van der Waals surface area contributed by atoms with Crippen molar-refractivity contribution in [3.63, 3.8) is 0 Å². The summed E-state index contributed by atoms with van der Waals surface area (Å²) in [6.45, 7) is 2.32. The standard InChI is InChI=1S/C18H16ClNO3/c1-11-7-14(19)5-6-16(11)23-10-12-3-2-4-13(8-12)18-15(21)9-17(22)20-18/h2-8,18H,9-10H2,1H3,(H,20,22). The second kappa shape index (κ2) is 6.42. The van der Waals surface area contributed by atoms with E-state index in [0.29, 0.717) is 11.6 Å². The van der Waals surface area contributed by atoms with E-state index in [-0.39, 0.29) is 18.1 Å². The first kappa shape index (κ1) is 15.6. The molecule has 0 saturated carbocycles. The lowest BCUT2D eigenvalue weighted by Gasteiger charge is -2.13. The average molecular weight is 330 g/mol. The summed E-state index contributed by atoms with van der Waals surface area (Å²) >= 11 is 5.93. The van der Waals surface area contributed by atoms with Gasteiger partial charge in [-0.3, -0.25) is 9.59 Å². The maximum Gasteiger partial charge on any atom is 0.228 e. The number of nitrogens with one attached hydrogen (secondary N) is 1. The molecule has 3 rings (SSSR count). The Morgan fingerprint density at radius 2 is 2.04 bits per heavy atom. The lowest BCUT2D eigenvalue weighted by Crippen LogP contribution is -2.20. The molecule has 2 aromatic carbocycles. The van der Waals surface area contributed by atoms with Crippen molar-refractivity contribution in [3.8, 4) is 5.75 Å². The van der Waals surface area contributed by atoms with E-state index in [0.717, 1.165) is 22.4 Å². The molecule has 1 saturated heterocycles. The van der Waals surface area contributed by atoms with Crippen LogP contribution in [0.15, 0.2) is 42.5 Å². The number of benzene rings is 2. The number of rotatable bonds is 4. The minimum absolute atomic E-state index is 0.0463. The molecule has 1 atom stereocenters. The van der Waals surface area contributed by atoms with Gasteiger partial charge in [0.15, 0.2) is 5.78 Å². The van der Waals surface area contributed by atoms with Gasteiger partial charge >= 0.3 is 0 Å². The van der Waals surface area contributed by atoms with Gasteiger partial charge in [-0.1, -0.05) is 29.8 Å². The van der Waals surface area contributed by atoms with Crippen LogP contribution in [0.25, 0.3) is 0 Å². The van der Waals surface area contributed by atoms with Crippen molar-refractivity contribution in [1.29, 1.82) is 0 Å². The number of amides is 1. The maximum absolute atomic E-state index is 11.8. The highest BCUT2D eigenvalue weighted by molar-refractivity contribution is 6.30. The van der Waals surface area contributed by atoms with Gasteiger partial charge in [-0.15, -0.1) is 0 Å². The number of ether oxygens (including phenoxy) is 1. The van der Waals surface area contributed by atoms with E-state index in [4.69, 9.17) is 16.3 Å². The van der Waals surface area contributed by atoms with Crippen LogP contribution in [0, 0.1) is 6.92 Å². The SMILES string of the molecule is Cc1cc(Cl)ccc1OCc1cccc(C2NC(=O)CC2=O)c1. The highest BCUT2D eigenvalue weighted by Gasteiger charge is 2.31. The Kier molecular flexibility index (Phi) is 4.35. The minimum Gasteiger partial charge on any atom is -0.489 e. The van der Waals surface area contributed by atoms with E-state index in [1.807, 2.05) is 43.3 Å². The molecule has 4 nitrogen and oxygen atoms in total. The number of hydrogen-bond donors (Lipinski definition) is 1. The van der Waals surface area contributed by atoms with Crippen LogP contribution >= 0.6 is 11.6 Å². The Hall–Kier alpha value is -2.33. The minimum atomic E-state index is -0.542. The fourth-order valence-electron chi connectivity index (χ4n) is 2.62. The largest absolute Gasteiger partial charge is 0.489 e. The molecule has 0 bridgehead atoms. The molecule has 1 N–H and O–H groups in total. The Labute approximate surface area is 139 Å². The molecule has 23 heavy (non-hydrogen) atoms. The maximum atomic E-state index is 11.8. The first-order valence-corrected chi connectivity index (χ1v) is 7.70. The van der Waals surface area contributed by atoms with Crippen LogP contribution in [0.3, 0.4) is 0 Å². The quantitative estimate of drug-likeness (QED) is 0.875. The van der Waals surface area contributed by atoms with Crippen LogP contribution in [0.5, 0.6) is 5.75 Å². The molecule has 0 spiro atoms. The van der Waals surface area contributed by atoms with Gasteiger partial charge in [0.2, 0.25) is 5.91 Å². The van der Waals surface area contributed by atoms with Gasteiger partial charge < -0.3 is 10.1 Å². The van der Waals surface area contributed by atoms with Crippen molar-refractivity contribution in [3.05, 3.63) is 64.2 Å². The van der Waals surface area contributed by atoms with E-state index in [2.05, 4.69) is 5.32 Å². The van der Waals surface area contributed by atoms with Gasteiger partial charge in [-0.2, -0.15) is 0 Å². The fourth-order valence-corrected chi connectivity index (χ4v) is 2.85. The zero-order valence-electron chi connectivity index (χ0n) is 12.6. The summed E-state index contributed by atoms with van der Waals surface area (Å²) in [5.41, 5.74) is 2.69. The monoisotopic (exact) mass is 329 g/mol. The number of hydrogen-bond acceptors (Lipinski definition) is 3. The third-order valence-corrected chi connectivity index (χ3v) is 4.01. The summed E-state index contributed by atoms with van der Waals surface area (Å²) in [4.78, 5) is 23.2. The van der Waals surface area contributed by atoms with E-state index < -0.39 is 6.04 Å². The Morgan fingerprint density at radius 1 is 1.22 bits per heavy atom. The van der Waals surface area contributed by atoms with Crippen LogP contribution in [-0.2, 0) is 16.2 Å². The van der Waals surface area contributed by atoms with Gasteiger partial charge in [-0.25, -0.2) is 0 Å². The van der Waals surface area contributed by atoms with Crippen molar-refractivity contribution < 1.29 is 14.3 Å². The van der Waals surface area contributed by atoms with Gasteiger partial charge in [0, 0.05) is 5.02 Å². The summed E-state index contributed by atoms with van der Waals surface area (Å²) in [6, 6.07) is 12.4. The summed E-state index contributed by atoms with van der Waals surface area (Å²) in [5, 5.41) is 3.37. The normalized spacial score (nSPS) is 17.2. The lowest BCUT2D eigenvalue weighted by molar-refractivity contribution is -0.122. The summed E-state index contributed by atoms with van der Waals surface area (Å²) in [5.74, 6) is 0.449. The smallest absolute Gasteiger partial charge is 0.228 e. The molecule has 1 unspecified atom stereocenters. The molecule has 0 aromatic heterocycles. The molecular weight excluding hydrogens is 314 g/mol. The van der Waals surface area contributed by atoms with Crippen molar-refractivity contribution in [2.45, 2.75) is 26.0 Å². The molecular formula is C18H16ClNO3. The highest BCUT2D eigenvalue weighted by atomic mass is 35.5. The van der Waals surface area contributed by atoms with Gasteiger partial charge in [0.05, 0.1) is 6.42 Å². The van der Waals surface area contributed by atoms with E-state index in [1.165, 1.54) is 0 Å². The Bertz CT molecular complexity index is 773. The number of Topliss-reactive ketones (excluding diaryl/α,β-unsaturated/α-hetero) is 1. The van der Waals surface area contributed by atoms with Crippen molar-refractivity contribution in [2.75, 3.05) is 0 Å².